The molecule has 1 aliphatic rings. The number of amides is 1. The molecular weight excluding hydrogens is 286 g/mol. The molecule has 116 valence electrons. The number of oxime groups is 1. The molecule has 1 atom stereocenters. The van der Waals surface area contributed by atoms with Crippen LogP contribution in [-0.4, -0.2) is 17.0 Å². The fraction of sp³-hybridized carbons (Fsp3) is 0.600. The van der Waals surface area contributed by atoms with E-state index in [2.05, 4.69) is 30.4 Å². The highest BCUT2D eigenvalue weighted by Crippen LogP contribution is 2.39. The Hall–Kier alpha value is -1.56. The first-order chi connectivity index (χ1) is 9.90. The van der Waals surface area contributed by atoms with E-state index in [1.807, 2.05) is 6.92 Å². The van der Waals surface area contributed by atoms with E-state index in [-0.39, 0.29) is 17.8 Å². The number of carbonyl (C=O) groups is 1. The van der Waals surface area contributed by atoms with Crippen molar-refractivity contribution in [2.75, 3.05) is 0 Å². The number of amidine groups is 1. The lowest BCUT2D eigenvalue weighted by atomic mass is 9.83. The van der Waals surface area contributed by atoms with Crippen LogP contribution in [-0.2, 0) is 4.79 Å². The molecule has 6 heteroatoms. The summed E-state index contributed by atoms with van der Waals surface area (Å²) in [6.45, 7) is 6.09. The third-order valence-corrected chi connectivity index (χ3v) is 5.36. The third kappa shape index (κ3) is 2.90. The lowest BCUT2D eigenvalue weighted by Crippen LogP contribution is -2.48. The van der Waals surface area contributed by atoms with Gasteiger partial charge in [-0.15, -0.1) is 11.3 Å². The van der Waals surface area contributed by atoms with Gasteiger partial charge < -0.3 is 16.3 Å². The van der Waals surface area contributed by atoms with Gasteiger partial charge in [0.1, 0.15) is 5.41 Å². The molecule has 1 aliphatic carbocycles. The molecule has 0 aromatic carbocycles. The van der Waals surface area contributed by atoms with Crippen LogP contribution in [0.1, 0.15) is 54.0 Å². The SMILES string of the molecule is Cc1cc(C(C)NC(=O)C2(C(N)=NO)CCCC2)c(C)s1. The zero-order valence-corrected chi connectivity index (χ0v) is 13.6. The lowest BCUT2D eigenvalue weighted by Gasteiger charge is -2.28. The smallest absolute Gasteiger partial charge is 0.234 e. The molecule has 5 nitrogen and oxygen atoms in total. The maximum atomic E-state index is 12.7. The van der Waals surface area contributed by atoms with Crippen molar-refractivity contribution in [3.63, 3.8) is 0 Å². The summed E-state index contributed by atoms with van der Waals surface area (Å²) in [5.41, 5.74) is 6.10. The first-order valence-electron chi connectivity index (χ1n) is 7.26. The van der Waals surface area contributed by atoms with Crippen molar-refractivity contribution < 1.29 is 10.0 Å². The molecule has 0 bridgehead atoms. The first-order valence-corrected chi connectivity index (χ1v) is 8.08. The van der Waals surface area contributed by atoms with Gasteiger partial charge in [-0.25, -0.2) is 0 Å². The second-order valence-corrected chi connectivity index (χ2v) is 7.30. The van der Waals surface area contributed by atoms with Crippen LogP contribution >= 0.6 is 11.3 Å². The van der Waals surface area contributed by atoms with Gasteiger partial charge in [0.25, 0.3) is 0 Å². The highest BCUT2D eigenvalue weighted by molar-refractivity contribution is 7.12. The highest BCUT2D eigenvalue weighted by Gasteiger charge is 2.45. The van der Waals surface area contributed by atoms with Gasteiger partial charge in [-0.2, -0.15) is 0 Å². The third-order valence-electron chi connectivity index (χ3n) is 4.38. The van der Waals surface area contributed by atoms with E-state index in [9.17, 15) is 4.79 Å². The van der Waals surface area contributed by atoms with Gasteiger partial charge in [0.05, 0.1) is 6.04 Å². The quantitative estimate of drug-likeness (QED) is 0.346. The summed E-state index contributed by atoms with van der Waals surface area (Å²) in [7, 11) is 0. The number of hydrogen-bond acceptors (Lipinski definition) is 4. The minimum absolute atomic E-state index is 0.0305. The summed E-state index contributed by atoms with van der Waals surface area (Å²) in [6, 6.07) is 2.03. The van der Waals surface area contributed by atoms with E-state index in [4.69, 9.17) is 10.9 Å². The standard InChI is InChI=1S/C15H23N3O2S/c1-9-8-12(11(3)21-9)10(2)17-14(19)15(13(16)18-20)6-4-5-7-15/h8,10,20H,4-7H2,1-3H3,(H2,16,18)(H,17,19). The zero-order valence-electron chi connectivity index (χ0n) is 12.8. The van der Waals surface area contributed by atoms with Crippen molar-refractivity contribution >= 4 is 23.1 Å². The molecule has 1 heterocycles. The Balaban J connectivity index is 2.18. The minimum atomic E-state index is -0.845. The molecule has 1 fully saturated rings. The molecule has 0 aliphatic heterocycles. The molecule has 1 amide bonds. The molecule has 1 aromatic heterocycles. The largest absolute Gasteiger partial charge is 0.409 e. The molecule has 1 unspecified atom stereocenters. The molecule has 1 aromatic rings. The topological polar surface area (TPSA) is 87.7 Å². The number of nitrogens with one attached hydrogen (secondary N) is 1. The van der Waals surface area contributed by atoms with Gasteiger partial charge in [-0.1, -0.05) is 18.0 Å². The summed E-state index contributed by atoms with van der Waals surface area (Å²) in [4.78, 5) is 15.1. The van der Waals surface area contributed by atoms with Crippen LogP contribution in [0.5, 0.6) is 0 Å². The number of rotatable bonds is 4. The molecule has 21 heavy (non-hydrogen) atoms. The number of nitrogens with zero attached hydrogens (tertiary/aromatic N) is 1. The molecule has 0 radical (unpaired) electrons. The van der Waals surface area contributed by atoms with Crippen LogP contribution in [0.15, 0.2) is 11.2 Å². The highest BCUT2D eigenvalue weighted by atomic mass is 32.1. The van der Waals surface area contributed by atoms with Gasteiger partial charge >= 0.3 is 0 Å². The number of thiophene rings is 1. The van der Waals surface area contributed by atoms with Crippen LogP contribution in [0.2, 0.25) is 0 Å². The average Bonchev–Trinajstić information content (AvgIpc) is 3.05. The van der Waals surface area contributed by atoms with Crippen molar-refractivity contribution in [1.82, 2.24) is 5.32 Å². The van der Waals surface area contributed by atoms with Crippen molar-refractivity contribution in [3.05, 3.63) is 21.4 Å². The Kier molecular flexibility index (Phi) is 4.56. The molecule has 4 N–H and O–H groups in total. The van der Waals surface area contributed by atoms with Crippen molar-refractivity contribution in [2.45, 2.75) is 52.5 Å². The van der Waals surface area contributed by atoms with Gasteiger partial charge in [0.2, 0.25) is 5.91 Å². The summed E-state index contributed by atoms with van der Waals surface area (Å²) in [5, 5.41) is 15.1. The Morgan fingerprint density at radius 2 is 2.10 bits per heavy atom. The Bertz CT molecular complexity index is 559. The second-order valence-electron chi connectivity index (χ2n) is 5.84. The Morgan fingerprint density at radius 3 is 2.57 bits per heavy atom. The van der Waals surface area contributed by atoms with E-state index >= 15 is 0 Å². The summed E-state index contributed by atoms with van der Waals surface area (Å²) in [6.07, 6.45) is 3.13. The summed E-state index contributed by atoms with van der Waals surface area (Å²) >= 11 is 1.73. The van der Waals surface area contributed by atoms with Gasteiger partial charge in [-0.3, -0.25) is 4.79 Å². The summed E-state index contributed by atoms with van der Waals surface area (Å²) in [5.74, 6) is -0.103. The van der Waals surface area contributed by atoms with E-state index in [1.165, 1.54) is 9.75 Å². The van der Waals surface area contributed by atoms with Crippen molar-refractivity contribution in [3.8, 4) is 0 Å². The lowest BCUT2D eigenvalue weighted by molar-refractivity contribution is -0.128. The monoisotopic (exact) mass is 309 g/mol. The van der Waals surface area contributed by atoms with E-state index < -0.39 is 5.41 Å². The fourth-order valence-electron chi connectivity index (χ4n) is 3.17. The predicted octanol–water partition coefficient (Wildman–Crippen LogP) is 2.85. The normalized spacial score (nSPS) is 19.5. The van der Waals surface area contributed by atoms with Crippen LogP contribution in [0.4, 0.5) is 0 Å². The van der Waals surface area contributed by atoms with Gasteiger partial charge in [-0.05, 0) is 45.2 Å². The maximum absolute atomic E-state index is 12.7. The summed E-state index contributed by atoms with van der Waals surface area (Å²) < 4.78 is 0. The number of nitrogens with two attached hydrogens (primary N) is 1. The van der Waals surface area contributed by atoms with Crippen LogP contribution in [0, 0.1) is 19.3 Å². The maximum Gasteiger partial charge on any atom is 0.234 e. The predicted molar refractivity (Wildman–Crippen MR) is 84.7 cm³/mol. The van der Waals surface area contributed by atoms with Gasteiger partial charge in [0.15, 0.2) is 5.84 Å². The number of aryl methyl sites for hydroxylation is 2. The molecule has 2 rings (SSSR count). The second kappa shape index (κ2) is 6.05. The molecule has 0 spiro atoms. The number of carbonyl (C=O) groups excluding carboxylic acids is 1. The van der Waals surface area contributed by atoms with Crippen molar-refractivity contribution in [2.24, 2.45) is 16.3 Å². The van der Waals surface area contributed by atoms with Crippen LogP contribution in [0.3, 0.4) is 0 Å². The van der Waals surface area contributed by atoms with Crippen LogP contribution < -0.4 is 11.1 Å². The Morgan fingerprint density at radius 1 is 1.48 bits per heavy atom. The van der Waals surface area contributed by atoms with Crippen molar-refractivity contribution in [1.29, 1.82) is 0 Å². The van der Waals surface area contributed by atoms with Crippen LogP contribution in [0.25, 0.3) is 0 Å². The fourth-order valence-corrected chi connectivity index (χ4v) is 4.19. The van der Waals surface area contributed by atoms with E-state index in [1.54, 1.807) is 11.3 Å². The van der Waals surface area contributed by atoms with E-state index in [0.29, 0.717) is 12.8 Å². The Labute approximate surface area is 129 Å². The average molecular weight is 309 g/mol. The van der Waals surface area contributed by atoms with Gasteiger partial charge in [0, 0.05) is 9.75 Å². The number of hydrogen-bond donors (Lipinski definition) is 3. The first kappa shape index (κ1) is 15.8. The molecular formula is C15H23N3O2S. The van der Waals surface area contributed by atoms with E-state index in [0.717, 1.165) is 18.4 Å². The zero-order chi connectivity index (χ0) is 15.6. The molecule has 0 saturated heterocycles. The minimum Gasteiger partial charge on any atom is -0.409 e. The molecule has 1 saturated carbocycles.